The van der Waals surface area contributed by atoms with Crippen LogP contribution in [0.2, 0.25) is 0 Å². The molecule has 0 aliphatic rings. The minimum absolute atomic E-state index is 1.18. The summed E-state index contributed by atoms with van der Waals surface area (Å²) in [5.74, 6) is 0. The van der Waals surface area contributed by atoms with Gasteiger partial charge in [-0.25, -0.2) is 0 Å². The fourth-order valence-corrected chi connectivity index (χ4v) is 1.15. The maximum Gasteiger partial charge on any atom is 0.00695 e. The van der Waals surface area contributed by atoms with Crippen molar-refractivity contribution < 1.29 is 0 Å². The van der Waals surface area contributed by atoms with E-state index in [4.69, 9.17) is 0 Å². The van der Waals surface area contributed by atoms with Gasteiger partial charge in [-0.15, -0.1) is 11.8 Å². The Morgan fingerprint density at radius 3 is 2.00 bits per heavy atom. The van der Waals surface area contributed by atoms with E-state index < -0.39 is 0 Å². The monoisotopic (exact) mass is 180 g/mol. The minimum Gasteiger partial charge on any atom is -0.130 e. The second-order valence-corrected chi connectivity index (χ2v) is 2.86. The van der Waals surface area contributed by atoms with Crippen LogP contribution in [-0.4, -0.2) is 6.26 Å². The van der Waals surface area contributed by atoms with Gasteiger partial charge in [0.15, 0.2) is 0 Å². The van der Waals surface area contributed by atoms with E-state index in [1.807, 2.05) is 19.9 Å². The molecule has 0 heterocycles. The molecule has 66 valence electrons. The molecule has 1 rings (SSSR count). The number of hydrogen-bond donors (Lipinski definition) is 0. The molecule has 0 N–H and O–H groups in total. The number of thioether (sulfide) groups is 1. The van der Waals surface area contributed by atoms with E-state index in [9.17, 15) is 0 Å². The third kappa shape index (κ3) is 3.63. The molecule has 0 bridgehead atoms. The Morgan fingerprint density at radius 2 is 1.67 bits per heavy atom. The van der Waals surface area contributed by atoms with E-state index >= 15 is 0 Å². The van der Waals surface area contributed by atoms with Gasteiger partial charge in [0.25, 0.3) is 0 Å². The molecule has 0 amide bonds. The quantitative estimate of drug-likeness (QED) is 0.618. The SMILES string of the molecule is C=Cc1ccc(SC)cc1.CC. The lowest BCUT2D eigenvalue weighted by Gasteiger charge is -1.94. The van der Waals surface area contributed by atoms with Crippen LogP contribution in [0.15, 0.2) is 35.7 Å². The van der Waals surface area contributed by atoms with Gasteiger partial charge in [-0.2, -0.15) is 0 Å². The lowest BCUT2D eigenvalue weighted by molar-refractivity contribution is 1.45. The van der Waals surface area contributed by atoms with Gasteiger partial charge in [0.1, 0.15) is 0 Å². The molecule has 0 spiro atoms. The van der Waals surface area contributed by atoms with Crippen molar-refractivity contribution in [3.63, 3.8) is 0 Å². The van der Waals surface area contributed by atoms with Crippen molar-refractivity contribution in [3.05, 3.63) is 36.4 Å². The molecule has 12 heavy (non-hydrogen) atoms. The highest BCUT2D eigenvalue weighted by Crippen LogP contribution is 2.14. The van der Waals surface area contributed by atoms with E-state index in [2.05, 4.69) is 37.1 Å². The molecular formula is C11H16S. The summed E-state index contributed by atoms with van der Waals surface area (Å²) < 4.78 is 0. The first-order valence-electron chi connectivity index (χ1n) is 4.13. The van der Waals surface area contributed by atoms with Crippen LogP contribution in [0, 0.1) is 0 Å². The standard InChI is InChI=1S/C9H10S.C2H6/c1-3-8-4-6-9(10-2)7-5-8;1-2/h3-7H,1H2,2H3;1-2H3. The van der Waals surface area contributed by atoms with E-state index in [1.54, 1.807) is 11.8 Å². The Bertz CT molecular complexity index is 211. The van der Waals surface area contributed by atoms with Crippen LogP contribution in [0.3, 0.4) is 0 Å². The summed E-state index contributed by atoms with van der Waals surface area (Å²) in [5.41, 5.74) is 1.18. The fraction of sp³-hybridized carbons (Fsp3) is 0.273. The number of rotatable bonds is 2. The first-order chi connectivity index (χ1) is 5.86. The topological polar surface area (TPSA) is 0 Å². The van der Waals surface area contributed by atoms with Gasteiger partial charge in [0.05, 0.1) is 0 Å². The highest BCUT2D eigenvalue weighted by atomic mass is 32.2. The molecule has 0 unspecified atom stereocenters. The zero-order valence-electron chi connectivity index (χ0n) is 8.00. The second kappa shape index (κ2) is 6.99. The van der Waals surface area contributed by atoms with Crippen LogP contribution in [0.25, 0.3) is 6.08 Å². The average Bonchev–Trinajstić information content (AvgIpc) is 2.21. The molecule has 1 aromatic carbocycles. The lowest BCUT2D eigenvalue weighted by atomic mass is 10.2. The molecule has 0 radical (unpaired) electrons. The van der Waals surface area contributed by atoms with Crippen LogP contribution in [0.4, 0.5) is 0 Å². The van der Waals surface area contributed by atoms with Crippen molar-refractivity contribution in [1.82, 2.24) is 0 Å². The third-order valence-electron chi connectivity index (χ3n) is 1.35. The molecule has 1 aromatic rings. The highest BCUT2D eigenvalue weighted by molar-refractivity contribution is 7.98. The predicted molar refractivity (Wildman–Crippen MR) is 59.7 cm³/mol. The molecule has 0 saturated carbocycles. The largest absolute Gasteiger partial charge is 0.130 e. The zero-order chi connectivity index (χ0) is 9.40. The molecule has 0 aromatic heterocycles. The first kappa shape index (κ1) is 11.3. The van der Waals surface area contributed by atoms with E-state index in [-0.39, 0.29) is 0 Å². The van der Waals surface area contributed by atoms with E-state index in [0.29, 0.717) is 0 Å². The van der Waals surface area contributed by atoms with Crippen molar-refractivity contribution >= 4 is 17.8 Å². The minimum atomic E-state index is 1.18. The van der Waals surface area contributed by atoms with Gasteiger partial charge in [-0.05, 0) is 24.0 Å². The van der Waals surface area contributed by atoms with Crippen molar-refractivity contribution in [2.75, 3.05) is 6.26 Å². The molecule has 0 nitrogen and oxygen atoms in total. The van der Waals surface area contributed by atoms with Crippen molar-refractivity contribution in [3.8, 4) is 0 Å². The summed E-state index contributed by atoms with van der Waals surface area (Å²) in [5, 5.41) is 0. The summed E-state index contributed by atoms with van der Waals surface area (Å²) in [6, 6.07) is 8.33. The highest BCUT2D eigenvalue weighted by Gasteiger charge is 1.86. The molecule has 0 aliphatic heterocycles. The maximum atomic E-state index is 3.68. The lowest BCUT2D eigenvalue weighted by Crippen LogP contribution is -1.70. The third-order valence-corrected chi connectivity index (χ3v) is 2.10. The Balaban J connectivity index is 0.000000561. The molecular weight excluding hydrogens is 164 g/mol. The molecule has 0 atom stereocenters. The number of benzene rings is 1. The number of hydrogen-bond acceptors (Lipinski definition) is 1. The molecule has 0 fully saturated rings. The maximum absolute atomic E-state index is 3.68. The van der Waals surface area contributed by atoms with E-state index in [0.717, 1.165) is 0 Å². The smallest absolute Gasteiger partial charge is 0.00695 e. The summed E-state index contributed by atoms with van der Waals surface area (Å²) in [6.07, 6.45) is 3.92. The Morgan fingerprint density at radius 1 is 1.17 bits per heavy atom. The Labute approximate surface area is 79.7 Å². The van der Waals surface area contributed by atoms with E-state index in [1.165, 1.54) is 10.5 Å². The van der Waals surface area contributed by atoms with Gasteiger partial charge in [-0.1, -0.05) is 38.6 Å². The van der Waals surface area contributed by atoms with Gasteiger partial charge in [0, 0.05) is 4.90 Å². The average molecular weight is 180 g/mol. The van der Waals surface area contributed by atoms with Gasteiger partial charge in [-0.3, -0.25) is 0 Å². The summed E-state index contributed by atoms with van der Waals surface area (Å²) in [4.78, 5) is 1.30. The normalized spacial score (nSPS) is 8.25. The van der Waals surface area contributed by atoms with Gasteiger partial charge in [0.2, 0.25) is 0 Å². The molecule has 0 aliphatic carbocycles. The second-order valence-electron chi connectivity index (χ2n) is 1.98. The Hall–Kier alpha value is -0.690. The van der Waals surface area contributed by atoms with Crippen LogP contribution < -0.4 is 0 Å². The summed E-state index contributed by atoms with van der Waals surface area (Å²) in [6.45, 7) is 7.68. The predicted octanol–water partition coefficient (Wildman–Crippen LogP) is 4.08. The van der Waals surface area contributed by atoms with Crippen molar-refractivity contribution in [2.24, 2.45) is 0 Å². The van der Waals surface area contributed by atoms with Gasteiger partial charge < -0.3 is 0 Å². The molecule has 1 heteroatoms. The van der Waals surface area contributed by atoms with Crippen molar-refractivity contribution in [2.45, 2.75) is 18.7 Å². The molecule has 0 saturated heterocycles. The Kier molecular flexibility index (Phi) is 6.58. The van der Waals surface area contributed by atoms with Crippen LogP contribution in [0.1, 0.15) is 19.4 Å². The summed E-state index contributed by atoms with van der Waals surface area (Å²) in [7, 11) is 0. The van der Waals surface area contributed by atoms with Crippen LogP contribution in [-0.2, 0) is 0 Å². The fourth-order valence-electron chi connectivity index (χ4n) is 0.740. The zero-order valence-corrected chi connectivity index (χ0v) is 8.82. The van der Waals surface area contributed by atoms with Crippen LogP contribution >= 0.6 is 11.8 Å². The first-order valence-corrected chi connectivity index (χ1v) is 5.36. The van der Waals surface area contributed by atoms with Crippen molar-refractivity contribution in [1.29, 1.82) is 0 Å². The van der Waals surface area contributed by atoms with Crippen LogP contribution in [0.5, 0.6) is 0 Å². The van der Waals surface area contributed by atoms with Gasteiger partial charge >= 0.3 is 0 Å². The summed E-state index contributed by atoms with van der Waals surface area (Å²) >= 11 is 1.75.